The summed E-state index contributed by atoms with van der Waals surface area (Å²) in [5.41, 5.74) is 3.83. The first-order valence-electron chi connectivity index (χ1n) is 7.47. The SMILES string of the molecule is Cc1cc(C)c(S(=O)(=O)c2ccc(C(C)(C)C)cc2)c(C)c1. The molecular weight excluding hydrogens is 292 g/mol. The van der Waals surface area contributed by atoms with E-state index >= 15 is 0 Å². The van der Waals surface area contributed by atoms with Crippen molar-refractivity contribution in [2.45, 2.75) is 56.7 Å². The number of hydrogen-bond acceptors (Lipinski definition) is 2. The zero-order valence-electron chi connectivity index (χ0n) is 14.2. The van der Waals surface area contributed by atoms with Crippen LogP contribution in [0.4, 0.5) is 0 Å². The molecular formula is C19H24O2S. The second-order valence-corrected chi connectivity index (χ2v) is 8.89. The summed E-state index contributed by atoms with van der Waals surface area (Å²) in [6.07, 6.45) is 0. The van der Waals surface area contributed by atoms with Crippen LogP contribution < -0.4 is 0 Å². The molecule has 0 saturated carbocycles. The van der Waals surface area contributed by atoms with Crippen LogP contribution in [0.15, 0.2) is 46.2 Å². The van der Waals surface area contributed by atoms with Gasteiger partial charge < -0.3 is 0 Å². The van der Waals surface area contributed by atoms with Crippen LogP contribution in [0, 0.1) is 20.8 Å². The third-order valence-electron chi connectivity index (χ3n) is 3.90. The first-order valence-corrected chi connectivity index (χ1v) is 8.95. The van der Waals surface area contributed by atoms with Crippen molar-refractivity contribution in [3.05, 3.63) is 58.7 Å². The molecule has 22 heavy (non-hydrogen) atoms. The molecule has 0 amide bonds. The molecule has 118 valence electrons. The Labute approximate surface area is 134 Å². The van der Waals surface area contributed by atoms with Gasteiger partial charge in [-0.3, -0.25) is 0 Å². The molecule has 3 heteroatoms. The van der Waals surface area contributed by atoms with Crippen molar-refractivity contribution in [2.24, 2.45) is 0 Å². The smallest absolute Gasteiger partial charge is 0.207 e. The van der Waals surface area contributed by atoms with Crippen LogP contribution in [0.2, 0.25) is 0 Å². The lowest BCUT2D eigenvalue weighted by atomic mass is 9.87. The van der Waals surface area contributed by atoms with Crippen LogP contribution in [-0.4, -0.2) is 8.42 Å². The highest BCUT2D eigenvalue weighted by molar-refractivity contribution is 7.91. The van der Waals surface area contributed by atoms with Crippen molar-refractivity contribution >= 4 is 9.84 Å². The quantitative estimate of drug-likeness (QED) is 0.802. The van der Waals surface area contributed by atoms with E-state index in [4.69, 9.17) is 0 Å². The first-order chi connectivity index (χ1) is 10.0. The minimum absolute atomic E-state index is 0.0119. The lowest BCUT2D eigenvalue weighted by Gasteiger charge is -2.19. The molecule has 2 rings (SSSR count). The number of aryl methyl sites for hydroxylation is 3. The second kappa shape index (κ2) is 5.54. The van der Waals surface area contributed by atoms with Crippen molar-refractivity contribution in [3.8, 4) is 0 Å². The molecule has 2 aromatic rings. The molecule has 0 fully saturated rings. The fourth-order valence-corrected chi connectivity index (χ4v) is 4.54. The summed E-state index contributed by atoms with van der Waals surface area (Å²) in [5, 5.41) is 0. The van der Waals surface area contributed by atoms with Crippen molar-refractivity contribution in [1.82, 2.24) is 0 Å². The van der Waals surface area contributed by atoms with Crippen molar-refractivity contribution < 1.29 is 8.42 Å². The van der Waals surface area contributed by atoms with Gasteiger partial charge in [0.25, 0.3) is 0 Å². The molecule has 0 aliphatic rings. The van der Waals surface area contributed by atoms with E-state index in [0.717, 1.165) is 22.3 Å². The molecule has 0 atom stereocenters. The lowest BCUT2D eigenvalue weighted by Crippen LogP contribution is -2.12. The number of benzene rings is 2. The van der Waals surface area contributed by atoms with Gasteiger partial charge in [-0.05, 0) is 55.0 Å². The van der Waals surface area contributed by atoms with Crippen LogP contribution in [0.3, 0.4) is 0 Å². The van der Waals surface area contributed by atoms with Gasteiger partial charge in [-0.15, -0.1) is 0 Å². The normalized spacial score (nSPS) is 12.5. The molecule has 0 bridgehead atoms. The van der Waals surface area contributed by atoms with E-state index in [1.807, 2.05) is 45.0 Å². The molecule has 0 spiro atoms. The Bertz CT molecular complexity index is 769. The molecule has 0 saturated heterocycles. The lowest BCUT2D eigenvalue weighted by molar-refractivity contribution is 0.586. The first kappa shape index (κ1) is 16.8. The van der Waals surface area contributed by atoms with Crippen molar-refractivity contribution in [2.75, 3.05) is 0 Å². The molecule has 0 aliphatic heterocycles. The Hall–Kier alpha value is -1.61. The number of rotatable bonds is 2. The Balaban J connectivity index is 2.57. The summed E-state index contributed by atoms with van der Waals surface area (Å²) < 4.78 is 25.9. The third kappa shape index (κ3) is 3.09. The molecule has 0 aromatic heterocycles. The second-order valence-electron chi connectivity index (χ2n) is 7.01. The molecule has 0 N–H and O–H groups in total. The fraction of sp³-hybridized carbons (Fsp3) is 0.368. The van der Waals surface area contributed by atoms with Crippen LogP contribution in [-0.2, 0) is 15.3 Å². The molecule has 0 radical (unpaired) electrons. The van der Waals surface area contributed by atoms with Gasteiger partial charge in [-0.25, -0.2) is 8.42 Å². The molecule has 0 unspecified atom stereocenters. The summed E-state index contributed by atoms with van der Waals surface area (Å²) in [6.45, 7) is 12.0. The Morgan fingerprint density at radius 3 is 1.68 bits per heavy atom. The highest BCUT2D eigenvalue weighted by atomic mass is 32.2. The van der Waals surface area contributed by atoms with Crippen LogP contribution in [0.5, 0.6) is 0 Å². The fourth-order valence-electron chi connectivity index (χ4n) is 2.84. The molecule has 2 aromatic carbocycles. The summed E-state index contributed by atoms with van der Waals surface area (Å²) >= 11 is 0. The maximum absolute atomic E-state index is 12.9. The van der Waals surface area contributed by atoms with E-state index in [-0.39, 0.29) is 5.41 Å². The zero-order valence-corrected chi connectivity index (χ0v) is 15.0. The largest absolute Gasteiger partial charge is 0.218 e. The van der Waals surface area contributed by atoms with E-state index in [0.29, 0.717) is 9.79 Å². The maximum atomic E-state index is 12.9. The van der Waals surface area contributed by atoms with Gasteiger partial charge >= 0.3 is 0 Å². The highest BCUT2D eigenvalue weighted by Crippen LogP contribution is 2.30. The number of sulfone groups is 1. The molecule has 2 nitrogen and oxygen atoms in total. The van der Waals surface area contributed by atoms with E-state index in [9.17, 15) is 8.42 Å². The standard InChI is InChI=1S/C19H24O2S/c1-13-11-14(2)18(15(3)12-13)22(20,21)17-9-7-16(8-10-17)19(4,5)6/h7-12H,1-6H3. The highest BCUT2D eigenvalue weighted by Gasteiger charge is 2.23. The maximum Gasteiger partial charge on any atom is 0.207 e. The van der Waals surface area contributed by atoms with E-state index in [2.05, 4.69) is 20.8 Å². The summed E-state index contributed by atoms with van der Waals surface area (Å²) in [5.74, 6) is 0. The Kier molecular flexibility index (Phi) is 4.22. The Morgan fingerprint density at radius 1 is 0.818 bits per heavy atom. The van der Waals surface area contributed by atoms with E-state index < -0.39 is 9.84 Å². The van der Waals surface area contributed by atoms with Gasteiger partial charge in [-0.2, -0.15) is 0 Å². The van der Waals surface area contributed by atoms with Crippen LogP contribution >= 0.6 is 0 Å². The predicted molar refractivity (Wildman–Crippen MR) is 91.2 cm³/mol. The summed E-state index contributed by atoms with van der Waals surface area (Å²) in [7, 11) is -3.48. The zero-order chi connectivity index (χ0) is 16.7. The molecule has 0 heterocycles. The van der Waals surface area contributed by atoms with Gasteiger partial charge in [0.15, 0.2) is 0 Å². The van der Waals surface area contributed by atoms with Crippen molar-refractivity contribution in [3.63, 3.8) is 0 Å². The van der Waals surface area contributed by atoms with Crippen molar-refractivity contribution in [1.29, 1.82) is 0 Å². The summed E-state index contributed by atoms with van der Waals surface area (Å²) in [4.78, 5) is 0.789. The van der Waals surface area contributed by atoms with E-state index in [1.54, 1.807) is 12.1 Å². The number of hydrogen-bond donors (Lipinski definition) is 0. The summed E-state index contributed by atoms with van der Waals surface area (Å²) in [6, 6.07) is 11.1. The average molecular weight is 316 g/mol. The topological polar surface area (TPSA) is 34.1 Å². The van der Waals surface area contributed by atoms with E-state index in [1.165, 1.54) is 0 Å². The molecule has 0 aliphatic carbocycles. The predicted octanol–water partition coefficient (Wildman–Crippen LogP) is 4.74. The average Bonchev–Trinajstić information content (AvgIpc) is 2.36. The third-order valence-corrected chi connectivity index (χ3v) is 5.98. The van der Waals surface area contributed by atoms with Crippen LogP contribution in [0.25, 0.3) is 0 Å². The van der Waals surface area contributed by atoms with Crippen LogP contribution in [0.1, 0.15) is 43.0 Å². The minimum atomic E-state index is -3.48. The van der Waals surface area contributed by atoms with Gasteiger partial charge in [0, 0.05) is 0 Å². The monoisotopic (exact) mass is 316 g/mol. The van der Waals surface area contributed by atoms with Gasteiger partial charge in [0.1, 0.15) is 0 Å². The Morgan fingerprint density at radius 2 is 1.27 bits per heavy atom. The van der Waals surface area contributed by atoms with Gasteiger partial charge in [-0.1, -0.05) is 50.6 Å². The van der Waals surface area contributed by atoms with Gasteiger partial charge in [0.05, 0.1) is 9.79 Å². The minimum Gasteiger partial charge on any atom is -0.218 e. The van der Waals surface area contributed by atoms with Gasteiger partial charge in [0.2, 0.25) is 9.84 Å².